The number of nitrogens with one attached hydrogen (secondary N) is 1. The molecule has 2 amide bonds. The quantitative estimate of drug-likeness (QED) is 0.418. The van der Waals surface area contributed by atoms with E-state index in [1.165, 1.54) is 0 Å². The molecule has 1 aromatic carbocycles. The van der Waals surface area contributed by atoms with Gasteiger partial charge in [0.05, 0.1) is 22.8 Å². The monoisotopic (exact) mass is 568 g/mol. The summed E-state index contributed by atoms with van der Waals surface area (Å²) < 4.78 is 11.6. The van der Waals surface area contributed by atoms with Gasteiger partial charge in [-0.3, -0.25) is 14.5 Å². The van der Waals surface area contributed by atoms with E-state index in [9.17, 15) is 9.59 Å². The molecule has 1 aromatic heterocycles. The maximum Gasteiger partial charge on any atom is 0.253 e. The van der Waals surface area contributed by atoms with Crippen molar-refractivity contribution in [2.75, 3.05) is 50.8 Å². The molecule has 1 aliphatic heterocycles. The van der Waals surface area contributed by atoms with Crippen LogP contribution >= 0.6 is 11.6 Å². The fourth-order valence-electron chi connectivity index (χ4n) is 6.08. The van der Waals surface area contributed by atoms with Gasteiger partial charge in [0.2, 0.25) is 5.91 Å². The number of halogens is 1. The number of primary amides is 1. The lowest BCUT2D eigenvalue weighted by molar-refractivity contribution is -0.164. The second-order valence-electron chi connectivity index (χ2n) is 11.6. The van der Waals surface area contributed by atoms with E-state index in [2.05, 4.69) is 53.9 Å². The molecule has 0 spiro atoms. The first-order valence-electron chi connectivity index (χ1n) is 13.4. The zero-order valence-electron chi connectivity index (χ0n) is 23.4. The molecule has 0 radical (unpaired) electrons. The molecule has 11 heteroatoms. The van der Waals surface area contributed by atoms with Gasteiger partial charge in [0, 0.05) is 61.9 Å². The molecule has 2 fully saturated rings. The van der Waals surface area contributed by atoms with Crippen LogP contribution in [-0.2, 0) is 9.53 Å². The maximum atomic E-state index is 13.2. The maximum absolute atomic E-state index is 13.2. The fraction of sp³-hybridized carbons (Fsp3) is 0.517. The number of hydrogen-bond acceptors (Lipinski definition) is 8. The van der Waals surface area contributed by atoms with Gasteiger partial charge in [0.1, 0.15) is 30.3 Å². The first-order valence-corrected chi connectivity index (χ1v) is 13.8. The second kappa shape index (κ2) is 12.0. The third-order valence-electron chi connectivity index (χ3n) is 7.93. The molecule has 0 unspecified atom stereocenters. The molecule has 2 aliphatic rings. The Hall–Kier alpha value is -3.39. The summed E-state index contributed by atoms with van der Waals surface area (Å²) in [5.74, 6) is 0.791. The number of nitrogens with two attached hydrogens (primary N) is 1. The lowest BCUT2D eigenvalue weighted by atomic mass is 9.49. The van der Waals surface area contributed by atoms with Crippen molar-refractivity contribution in [1.29, 1.82) is 5.26 Å². The summed E-state index contributed by atoms with van der Waals surface area (Å²) in [5, 5.41) is 12.7. The van der Waals surface area contributed by atoms with Gasteiger partial charge in [-0.15, -0.1) is 0 Å². The van der Waals surface area contributed by atoms with E-state index < -0.39 is 5.91 Å². The van der Waals surface area contributed by atoms with Crippen molar-refractivity contribution in [2.45, 2.75) is 39.8 Å². The molecule has 214 valence electrons. The van der Waals surface area contributed by atoms with Crippen LogP contribution in [0.25, 0.3) is 0 Å². The van der Waals surface area contributed by atoms with Crippen molar-refractivity contribution < 1.29 is 19.1 Å². The number of nitriles is 1. The minimum atomic E-state index is -0.461. The second-order valence-corrected chi connectivity index (χ2v) is 12.0. The van der Waals surface area contributed by atoms with E-state index in [0.717, 1.165) is 38.5 Å². The van der Waals surface area contributed by atoms with Crippen LogP contribution in [0.3, 0.4) is 0 Å². The number of amides is 2. The molecule has 1 saturated carbocycles. The number of ether oxygens (including phenoxy) is 2. The number of rotatable bonds is 10. The first-order chi connectivity index (χ1) is 18.9. The number of piperazine rings is 1. The van der Waals surface area contributed by atoms with E-state index >= 15 is 0 Å². The molecule has 2 aromatic rings. The molecular formula is C29H37ClN6O4. The van der Waals surface area contributed by atoms with Crippen LogP contribution in [-0.4, -0.2) is 79.8 Å². The van der Waals surface area contributed by atoms with Crippen molar-refractivity contribution in [3.05, 3.63) is 52.7 Å². The van der Waals surface area contributed by atoms with E-state index in [4.69, 9.17) is 32.1 Å². The topological polar surface area (TPSA) is 134 Å². The van der Waals surface area contributed by atoms with Crippen molar-refractivity contribution in [3.8, 4) is 11.8 Å². The van der Waals surface area contributed by atoms with Crippen LogP contribution in [0.15, 0.2) is 36.5 Å². The van der Waals surface area contributed by atoms with Gasteiger partial charge in [0.15, 0.2) is 0 Å². The highest BCUT2D eigenvalue weighted by Gasteiger charge is 2.64. The van der Waals surface area contributed by atoms with E-state index in [1.807, 2.05) is 12.1 Å². The van der Waals surface area contributed by atoms with Gasteiger partial charge in [-0.2, -0.15) is 5.26 Å². The molecule has 0 bridgehead atoms. The number of carbonyl (C=O) groups excluding carboxylic acids is 2. The largest absolute Gasteiger partial charge is 0.489 e. The van der Waals surface area contributed by atoms with Crippen LogP contribution in [0.2, 0.25) is 5.02 Å². The molecule has 1 aliphatic carbocycles. The highest BCUT2D eigenvalue weighted by molar-refractivity contribution is 6.31. The fourth-order valence-corrected chi connectivity index (χ4v) is 6.30. The molecule has 10 nitrogen and oxygen atoms in total. The average Bonchev–Trinajstić information content (AvgIpc) is 2.92. The Kier molecular flexibility index (Phi) is 8.88. The summed E-state index contributed by atoms with van der Waals surface area (Å²) in [6, 6.07) is 10.7. The predicted octanol–water partition coefficient (Wildman–Crippen LogP) is 2.84. The third-order valence-corrected chi connectivity index (χ3v) is 8.25. The Labute approximate surface area is 240 Å². The summed E-state index contributed by atoms with van der Waals surface area (Å²) in [5.41, 5.74) is 5.30. The molecule has 3 N–H and O–H groups in total. The van der Waals surface area contributed by atoms with Crippen molar-refractivity contribution in [3.63, 3.8) is 0 Å². The van der Waals surface area contributed by atoms with Crippen molar-refractivity contribution >= 4 is 29.2 Å². The van der Waals surface area contributed by atoms with Crippen LogP contribution in [0.4, 0.5) is 5.82 Å². The summed E-state index contributed by atoms with van der Waals surface area (Å²) in [6.45, 7) is 12.8. The van der Waals surface area contributed by atoms with Crippen LogP contribution in [0, 0.1) is 22.2 Å². The Balaban J connectivity index is 1.30. The highest BCUT2D eigenvalue weighted by atomic mass is 35.5. The average molecular weight is 569 g/mol. The SMILES string of the molecule is CC1(C)C(NC(=O)c2ccc(N3CCN(CCOCC(N)=O)CC3)nc2)C(C)(C)C1Oc1ccc(C#N)c(Cl)c1. The zero-order chi connectivity index (χ0) is 29.1. The Morgan fingerprint density at radius 1 is 1.15 bits per heavy atom. The number of hydrogen-bond donors (Lipinski definition) is 2. The van der Waals surface area contributed by atoms with E-state index in [-0.39, 0.29) is 35.5 Å². The van der Waals surface area contributed by atoms with E-state index in [0.29, 0.717) is 28.5 Å². The summed E-state index contributed by atoms with van der Waals surface area (Å²) in [6.07, 6.45) is 1.45. The summed E-state index contributed by atoms with van der Waals surface area (Å²) >= 11 is 6.19. The summed E-state index contributed by atoms with van der Waals surface area (Å²) in [7, 11) is 0. The van der Waals surface area contributed by atoms with Gasteiger partial charge in [-0.05, 0) is 24.3 Å². The molecule has 40 heavy (non-hydrogen) atoms. The third kappa shape index (κ3) is 6.33. The van der Waals surface area contributed by atoms with Crippen molar-refractivity contribution in [2.24, 2.45) is 16.6 Å². The Morgan fingerprint density at radius 2 is 1.85 bits per heavy atom. The van der Waals surface area contributed by atoms with Gasteiger partial charge in [-0.25, -0.2) is 4.98 Å². The molecule has 0 atom stereocenters. The predicted molar refractivity (Wildman–Crippen MR) is 152 cm³/mol. The highest BCUT2D eigenvalue weighted by Crippen LogP contribution is 2.55. The first kappa shape index (κ1) is 29.6. The molecule has 4 rings (SSSR count). The number of carbonyl (C=O) groups is 2. The molecular weight excluding hydrogens is 532 g/mol. The van der Waals surface area contributed by atoms with Gasteiger partial charge >= 0.3 is 0 Å². The van der Waals surface area contributed by atoms with Crippen molar-refractivity contribution in [1.82, 2.24) is 15.2 Å². The minimum absolute atomic E-state index is 0.0537. The Morgan fingerprint density at radius 3 is 2.42 bits per heavy atom. The number of benzene rings is 1. The van der Waals surface area contributed by atoms with E-state index in [1.54, 1.807) is 24.4 Å². The van der Waals surface area contributed by atoms with Crippen LogP contribution in [0.1, 0.15) is 43.6 Å². The molecule has 2 heterocycles. The summed E-state index contributed by atoms with van der Waals surface area (Å²) in [4.78, 5) is 33.0. The normalized spacial score (nSPS) is 21.6. The lowest BCUT2D eigenvalue weighted by Gasteiger charge is -2.63. The zero-order valence-corrected chi connectivity index (χ0v) is 24.2. The van der Waals surface area contributed by atoms with Gasteiger partial charge in [0.25, 0.3) is 5.91 Å². The number of anilines is 1. The number of aromatic nitrogens is 1. The van der Waals surface area contributed by atoms with Gasteiger partial charge in [-0.1, -0.05) is 39.3 Å². The number of pyridine rings is 1. The molecule has 1 saturated heterocycles. The van der Waals surface area contributed by atoms with Crippen LogP contribution in [0.5, 0.6) is 5.75 Å². The van der Waals surface area contributed by atoms with Crippen LogP contribution < -0.4 is 20.7 Å². The van der Waals surface area contributed by atoms with Gasteiger partial charge < -0.3 is 25.4 Å². The smallest absolute Gasteiger partial charge is 0.253 e. The standard InChI is InChI=1S/C29H37ClN6O4/c1-28(2)26(29(3,4)27(28)40-21-7-5-19(16-31)22(30)15-21)34-25(38)20-6-8-24(33-17-20)36-11-9-35(10-12-36)13-14-39-18-23(32)37/h5-8,15,17,26-27H,9-14,18H2,1-4H3,(H2,32,37)(H,34,38). The Bertz CT molecular complexity index is 1250. The minimum Gasteiger partial charge on any atom is -0.489 e. The number of nitrogens with zero attached hydrogens (tertiary/aromatic N) is 4. The lowest BCUT2D eigenvalue weighted by Crippen LogP contribution is -2.74.